The van der Waals surface area contributed by atoms with E-state index in [0.29, 0.717) is 33.6 Å². The normalized spacial score (nSPS) is 14.1. The minimum absolute atomic E-state index is 0.349. The first-order valence-electron chi connectivity index (χ1n) is 11.0. The molecule has 33 heavy (non-hydrogen) atoms. The summed E-state index contributed by atoms with van der Waals surface area (Å²) in [6.45, 7) is 10.5. The van der Waals surface area contributed by atoms with Crippen molar-refractivity contribution >= 4 is 29.4 Å². The van der Waals surface area contributed by atoms with E-state index in [4.69, 9.17) is 9.47 Å². The van der Waals surface area contributed by atoms with Crippen molar-refractivity contribution in [1.29, 1.82) is 0 Å². The number of carbonyl (C=O) groups excluding carboxylic acids is 1. The topological polar surface area (TPSA) is 106 Å². The van der Waals surface area contributed by atoms with E-state index in [0.717, 1.165) is 32.7 Å². The summed E-state index contributed by atoms with van der Waals surface area (Å²) in [5.41, 5.74) is 0. The van der Waals surface area contributed by atoms with Gasteiger partial charge in [-0.05, 0) is 36.9 Å². The van der Waals surface area contributed by atoms with Gasteiger partial charge in [-0.15, -0.1) is 0 Å². The summed E-state index contributed by atoms with van der Waals surface area (Å²) in [7, 11) is 3.12. The van der Waals surface area contributed by atoms with E-state index < -0.39 is 0 Å². The second-order valence-electron chi connectivity index (χ2n) is 7.43. The molecule has 3 rings (SSSR count). The van der Waals surface area contributed by atoms with Gasteiger partial charge in [0.15, 0.2) is 5.16 Å². The first-order valence-corrected chi connectivity index (χ1v) is 11.8. The molecule has 1 N–H and O–H groups in total. The van der Waals surface area contributed by atoms with Crippen molar-refractivity contribution in [2.24, 2.45) is 0 Å². The van der Waals surface area contributed by atoms with Crippen LogP contribution in [-0.2, 0) is 4.79 Å². The number of aromatic nitrogens is 4. The summed E-state index contributed by atoms with van der Waals surface area (Å²) in [6.07, 6.45) is 6.47. The number of carbonyl (C=O) groups is 1. The molecule has 1 aliphatic heterocycles. The van der Waals surface area contributed by atoms with Crippen LogP contribution < -0.4 is 19.7 Å². The SMILES string of the molecule is C=CC(=O)Nc1ccnc(Sc2c(OC)nc(N3CCN(CCCCC)CC3)nc2OC)n1. The Balaban J connectivity index is 1.75. The molecule has 0 atom stereocenters. The van der Waals surface area contributed by atoms with E-state index in [1.165, 1.54) is 37.1 Å². The summed E-state index contributed by atoms with van der Waals surface area (Å²) in [5.74, 6) is 1.37. The number of hydrogen-bond donors (Lipinski definition) is 1. The maximum absolute atomic E-state index is 11.6. The number of piperazine rings is 1. The number of methoxy groups -OCH3 is 2. The highest BCUT2D eigenvalue weighted by Gasteiger charge is 2.24. The van der Waals surface area contributed by atoms with Gasteiger partial charge in [0.25, 0.3) is 0 Å². The number of ether oxygens (including phenoxy) is 2. The predicted molar refractivity (Wildman–Crippen MR) is 128 cm³/mol. The molecule has 1 amide bonds. The molecule has 0 radical (unpaired) electrons. The van der Waals surface area contributed by atoms with Crippen molar-refractivity contribution in [1.82, 2.24) is 24.8 Å². The Hall–Kier alpha value is -2.92. The van der Waals surface area contributed by atoms with Crippen LogP contribution in [0.3, 0.4) is 0 Å². The maximum Gasteiger partial charge on any atom is 0.248 e. The Labute approximate surface area is 198 Å². The van der Waals surface area contributed by atoms with Crippen molar-refractivity contribution in [2.75, 3.05) is 57.2 Å². The molecule has 0 aliphatic carbocycles. The van der Waals surface area contributed by atoms with Crippen LogP contribution in [0.4, 0.5) is 11.8 Å². The van der Waals surface area contributed by atoms with E-state index in [1.807, 2.05) is 0 Å². The zero-order valence-electron chi connectivity index (χ0n) is 19.4. The molecule has 10 nitrogen and oxygen atoms in total. The van der Waals surface area contributed by atoms with Crippen molar-refractivity contribution in [3.05, 3.63) is 24.9 Å². The summed E-state index contributed by atoms with van der Waals surface area (Å²) >= 11 is 1.20. The van der Waals surface area contributed by atoms with Crippen LogP contribution in [-0.4, -0.2) is 77.7 Å². The summed E-state index contributed by atoms with van der Waals surface area (Å²) in [6, 6.07) is 1.60. The number of nitrogens with zero attached hydrogens (tertiary/aromatic N) is 6. The number of rotatable bonds is 11. The van der Waals surface area contributed by atoms with E-state index >= 15 is 0 Å². The monoisotopic (exact) mass is 473 g/mol. The van der Waals surface area contributed by atoms with Gasteiger partial charge < -0.3 is 19.7 Å². The van der Waals surface area contributed by atoms with Crippen LogP contribution >= 0.6 is 11.8 Å². The van der Waals surface area contributed by atoms with Gasteiger partial charge in [-0.2, -0.15) is 9.97 Å². The smallest absolute Gasteiger partial charge is 0.248 e. The Morgan fingerprint density at radius 1 is 1.15 bits per heavy atom. The first-order chi connectivity index (χ1) is 16.1. The molecule has 0 bridgehead atoms. The van der Waals surface area contributed by atoms with Crippen molar-refractivity contribution in [3.8, 4) is 11.8 Å². The first kappa shape index (κ1) is 24.7. The van der Waals surface area contributed by atoms with Crippen LogP contribution in [0.2, 0.25) is 0 Å². The fourth-order valence-electron chi connectivity index (χ4n) is 3.39. The maximum atomic E-state index is 11.6. The van der Waals surface area contributed by atoms with Gasteiger partial charge in [-0.25, -0.2) is 9.97 Å². The molecule has 3 heterocycles. The Morgan fingerprint density at radius 2 is 1.85 bits per heavy atom. The lowest BCUT2D eigenvalue weighted by Gasteiger charge is -2.35. The third-order valence-corrected chi connectivity index (χ3v) is 6.11. The number of nitrogens with one attached hydrogen (secondary N) is 1. The van der Waals surface area contributed by atoms with Crippen molar-refractivity contribution < 1.29 is 14.3 Å². The Kier molecular flexibility index (Phi) is 9.25. The van der Waals surface area contributed by atoms with Gasteiger partial charge in [0.1, 0.15) is 10.7 Å². The van der Waals surface area contributed by atoms with Crippen molar-refractivity contribution in [2.45, 2.75) is 36.2 Å². The average Bonchev–Trinajstić information content (AvgIpc) is 2.84. The van der Waals surface area contributed by atoms with E-state index in [1.54, 1.807) is 26.5 Å². The lowest BCUT2D eigenvalue weighted by molar-refractivity contribution is -0.111. The third kappa shape index (κ3) is 6.78. The van der Waals surface area contributed by atoms with Crippen LogP contribution in [0, 0.1) is 0 Å². The molecule has 2 aromatic heterocycles. The quantitative estimate of drug-likeness (QED) is 0.297. The van der Waals surface area contributed by atoms with Gasteiger partial charge in [0, 0.05) is 32.4 Å². The lowest BCUT2D eigenvalue weighted by atomic mass is 10.2. The molecule has 0 saturated carbocycles. The standard InChI is InChI=1S/C22H31N7O3S/c1-5-7-8-11-28-12-14-29(15-13-28)21-26-19(31-3)18(20(27-21)32-4)33-22-23-10-9-16(25-22)24-17(30)6-2/h6,9-10H,2,5,7-8,11-15H2,1,3-4H3,(H,23,24,25,30). The zero-order valence-corrected chi connectivity index (χ0v) is 20.2. The molecule has 0 aromatic carbocycles. The van der Waals surface area contributed by atoms with Crippen molar-refractivity contribution in [3.63, 3.8) is 0 Å². The van der Waals surface area contributed by atoms with Gasteiger partial charge in [-0.1, -0.05) is 26.3 Å². The summed E-state index contributed by atoms with van der Waals surface area (Å²) in [5, 5.41) is 3.01. The lowest BCUT2D eigenvalue weighted by Crippen LogP contribution is -2.47. The fourth-order valence-corrected chi connectivity index (χ4v) is 4.26. The number of unbranched alkanes of at least 4 members (excludes halogenated alkanes) is 2. The van der Waals surface area contributed by atoms with Gasteiger partial charge in [-0.3, -0.25) is 9.69 Å². The minimum atomic E-state index is -0.349. The molecule has 2 aromatic rings. The van der Waals surface area contributed by atoms with Crippen LogP contribution in [0.25, 0.3) is 0 Å². The van der Waals surface area contributed by atoms with Gasteiger partial charge in [0.05, 0.1) is 14.2 Å². The van der Waals surface area contributed by atoms with Crippen LogP contribution in [0.1, 0.15) is 26.2 Å². The average molecular weight is 474 g/mol. The Morgan fingerprint density at radius 3 is 2.45 bits per heavy atom. The largest absolute Gasteiger partial charge is 0.480 e. The van der Waals surface area contributed by atoms with Crippen LogP contribution in [0.15, 0.2) is 35.0 Å². The molecule has 1 fully saturated rings. The number of anilines is 2. The third-order valence-electron chi connectivity index (χ3n) is 5.17. The number of amides is 1. The van der Waals surface area contributed by atoms with Crippen LogP contribution in [0.5, 0.6) is 11.8 Å². The molecular weight excluding hydrogens is 442 g/mol. The number of hydrogen-bond acceptors (Lipinski definition) is 10. The molecule has 11 heteroatoms. The molecule has 178 valence electrons. The van der Waals surface area contributed by atoms with E-state index in [9.17, 15) is 4.79 Å². The van der Waals surface area contributed by atoms with Gasteiger partial charge in [0.2, 0.25) is 23.6 Å². The fraction of sp³-hybridized carbons (Fsp3) is 0.500. The van der Waals surface area contributed by atoms with Gasteiger partial charge >= 0.3 is 0 Å². The second kappa shape index (κ2) is 12.4. The molecule has 1 saturated heterocycles. The molecular formula is C22H31N7O3S. The highest BCUT2D eigenvalue weighted by molar-refractivity contribution is 7.99. The summed E-state index contributed by atoms with van der Waals surface area (Å²) < 4.78 is 11.1. The molecule has 0 spiro atoms. The minimum Gasteiger partial charge on any atom is -0.480 e. The predicted octanol–water partition coefficient (Wildman–Crippen LogP) is 2.87. The second-order valence-corrected chi connectivity index (χ2v) is 8.40. The molecule has 0 unspecified atom stereocenters. The highest BCUT2D eigenvalue weighted by atomic mass is 32.2. The summed E-state index contributed by atoms with van der Waals surface area (Å²) in [4.78, 5) is 34.6. The zero-order chi connectivity index (χ0) is 23.6. The van der Waals surface area contributed by atoms with E-state index in [-0.39, 0.29) is 5.91 Å². The van der Waals surface area contributed by atoms with E-state index in [2.05, 4.69) is 48.6 Å². The highest BCUT2D eigenvalue weighted by Crippen LogP contribution is 2.39. The molecule has 1 aliphatic rings. The Bertz CT molecular complexity index is 926.